The summed E-state index contributed by atoms with van der Waals surface area (Å²) in [7, 11) is 1.91. The molecule has 0 spiro atoms. The molecule has 0 unspecified atom stereocenters. The second-order valence-electron chi connectivity index (χ2n) is 6.05. The number of nitrogens with zero attached hydrogens (tertiary/aromatic N) is 2. The molecule has 0 N–H and O–H groups in total. The summed E-state index contributed by atoms with van der Waals surface area (Å²) in [6.45, 7) is 0. The summed E-state index contributed by atoms with van der Waals surface area (Å²) in [6.07, 6.45) is 5.84. The Hall–Kier alpha value is -1.75. The van der Waals surface area contributed by atoms with Crippen LogP contribution in [-0.4, -0.2) is 40.6 Å². The Bertz CT molecular complexity index is 656. The second kappa shape index (κ2) is 7.21. The summed E-state index contributed by atoms with van der Waals surface area (Å²) < 4.78 is 5.37. The summed E-state index contributed by atoms with van der Waals surface area (Å²) >= 11 is 1.90. The first-order valence-electron chi connectivity index (χ1n) is 7.97. The molecule has 1 amide bonds. The van der Waals surface area contributed by atoms with Crippen LogP contribution in [-0.2, 0) is 11.2 Å². The van der Waals surface area contributed by atoms with Crippen LogP contribution in [0, 0.1) is 0 Å². The first-order chi connectivity index (χ1) is 11.2. The minimum atomic E-state index is 0.115. The highest BCUT2D eigenvalue weighted by Crippen LogP contribution is 2.31. The zero-order chi connectivity index (χ0) is 16.2. The van der Waals surface area contributed by atoms with Crippen molar-refractivity contribution in [2.75, 3.05) is 13.3 Å². The number of carbonyl (C=O) groups is 1. The fraction of sp³-hybridized carbons (Fsp3) is 0.444. The Labute approximate surface area is 141 Å². The molecule has 1 fully saturated rings. The second-order valence-corrected chi connectivity index (χ2v) is 7.19. The van der Waals surface area contributed by atoms with E-state index in [1.165, 1.54) is 6.42 Å². The highest BCUT2D eigenvalue weighted by Gasteiger charge is 2.29. The van der Waals surface area contributed by atoms with E-state index in [0.717, 1.165) is 18.4 Å². The van der Waals surface area contributed by atoms with Crippen molar-refractivity contribution in [3.05, 3.63) is 42.1 Å². The SMILES string of the molecule is CS[C@H]1CC[C@H](N(C)C(=O)Cc2cc(-c3ccccc3)on2)C1. The van der Waals surface area contributed by atoms with Crippen LogP contribution < -0.4 is 0 Å². The summed E-state index contributed by atoms with van der Waals surface area (Å²) in [5.41, 5.74) is 1.67. The van der Waals surface area contributed by atoms with E-state index < -0.39 is 0 Å². The fourth-order valence-electron chi connectivity index (χ4n) is 3.10. The van der Waals surface area contributed by atoms with Crippen LogP contribution in [0.4, 0.5) is 0 Å². The van der Waals surface area contributed by atoms with Gasteiger partial charge in [0.25, 0.3) is 0 Å². The maximum atomic E-state index is 12.5. The quantitative estimate of drug-likeness (QED) is 0.840. The molecule has 4 nitrogen and oxygen atoms in total. The van der Waals surface area contributed by atoms with Crippen molar-refractivity contribution < 1.29 is 9.32 Å². The standard InChI is InChI=1S/C18H22N2O2S/c1-20(15-8-9-16(12-15)23-2)18(21)11-14-10-17(22-19-14)13-6-4-3-5-7-13/h3-7,10,15-16H,8-9,11-12H2,1-2H3/t15-,16-/m0/s1. The van der Waals surface area contributed by atoms with E-state index in [0.29, 0.717) is 29.2 Å². The Kier molecular flexibility index (Phi) is 5.06. The third-order valence-electron chi connectivity index (χ3n) is 4.58. The van der Waals surface area contributed by atoms with E-state index in [1.807, 2.05) is 60.1 Å². The van der Waals surface area contributed by atoms with Gasteiger partial charge in [0.2, 0.25) is 5.91 Å². The summed E-state index contributed by atoms with van der Waals surface area (Å²) in [5.74, 6) is 0.823. The van der Waals surface area contributed by atoms with Gasteiger partial charge in [0.05, 0.1) is 12.1 Å². The molecular formula is C18H22N2O2S. The number of aromatic nitrogens is 1. The monoisotopic (exact) mass is 330 g/mol. The Morgan fingerprint density at radius 3 is 2.83 bits per heavy atom. The molecule has 1 aliphatic rings. The summed E-state index contributed by atoms with van der Waals surface area (Å²) in [6, 6.07) is 12.0. The molecule has 1 aliphatic carbocycles. The van der Waals surface area contributed by atoms with Gasteiger partial charge >= 0.3 is 0 Å². The predicted molar refractivity (Wildman–Crippen MR) is 93.4 cm³/mol. The zero-order valence-corrected chi connectivity index (χ0v) is 14.4. The molecule has 1 aromatic carbocycles. The minimum Gasteiger partial charge on any atom is -0.356 e. The number of benzene rings is 1. The molecular weight excluding hydrogens is 308 g/mol. The van der Waals surface area contributed by atoms with Crippen molar-refractivity contribution in [2.45, 2.75) is 37.0 Å². The number of rotatable bonds is 5. The van der Waals surface area contributed by atoms with Crippen molar-refractivity contribution in [3.8, 4) is 11.3 Å². The van der Waals surface area contributed by atoms with Crippen molar-refractivity contribution >= 4 is 17.7 Å². The Morgan fingerprint density at radius 2 is 2.13 bits per heavy atom. The normalized spacial score (nSPS) is 20.6. The third-order valence-corrected chi connectivity index (χ3v) is 5.68. The molecule has 0 saturated heterocycles. The van der Waals surface area contributed by atoms with Crippen LogP contribution in [0.5, 0.6) is 0 Å². The molecule has 2 atom stereocenters. The number of carbonyl (C=O) groups excluding carboxylic acids is 1. The topological polar surface area (TPSA) is 46.3 Å². The van der Waals surface area contributed by atoms with Crippen LogP contribution in [0.1, 0.15) is 25.0 Å². The highest BCUT2D eigenvalue weighted by atomic mass is 32.2. The van der Waals surface area contributed by atoms with Gasteiger partial charge in [0.15, 0.2) is 5.76 Å². The number of hydrogen-bond donors (Lipinski definition) is 0. The smallest absolute Gasteiger partial charge is 0.228 e. The van der Waals surface area contributed by atoms with Gasteiger partial charge in [0.1, 0.15) is 0 Å². The molecule has 1 heterocycles. The minimum absolute atomic E-state index is 0.115. The lowest BCUT2D eigenvalue weighted by molar-refractivity contribution is -0.131. The Morgan fingerprint density at radius 1 is 1.35 bits per heavy atom. The third kappa shape index (κ3) is 3.78. The molecule has 3 rings (SSSR count). The van der Waals surface area contributed by atoms with Gasteiger partial charge in [-0.1, -0.05) is 35.5 Å². The number of thioether (sulfide) groups is 1. The van der Waals surface area contributed by atoms with Gasteiger partial charge in [-0.2, -0.15) is 11.8 Å². The van der Waals surface area contributed by atoms with Gasteiger partial charge < -0.3 is 9.42 Å². The van der Waals surface area contributed by atoms with E-state index in [4.69, 9.17) is 4.52 Å². The van der Waals surface area contributed by atoms with Crippen molar-refractivity contribution in [1.29, 1.82) is 0 Å². The maximum absolute atomic E-state index is 12.5. The predicted octanol–water partition coefficient (Wildman–Crippen LogP) is 3.63. The largest absolute Gasteiger partial charge is 0.356 e. The molecule has 0 aliphatic heterocycles. The van der Waals surface area contributed by atoms with Crippen LogP contribution in [0.3, 0.4) is 0 Å². The van der Waals surface area contributed by atoms with E-state index in [2.05, 4.69) is 11.4 Å². The van der Waals surface area contributed by atoms with Crippen molar-refractivity contribution in [1.82, 2.24) is 10.1 Å². The first kappa shape index (κ1) is 16.1. The highest BCUT2D eigenvalue weighted by molar-refractivity contribution is 7.99. The van der Waals surface area contributed by atoms with Crippen LogP contribution >= 0.6 is 11.8 Å². The van der Waals surface area contributed by atoms with Gasteiger partial charge in [-0.15, -0.1) is 0 Å². The molecule has 2 aromatic rings. The lowest BCUT2D eigenvalue weighted by Crippen LogP contribution is -2.36. The van der Waals surface area contributed by atoms with E-state index in [-0.39, 0.29) is 5.91 Å². The van der Waals surface area contributed by atoms with E-state index >= 15 is 0 Å². The molecule has 0 radical (unpaired) electrons. The molecule has 23 heavy (non-hydrogen) atoms. The fourth-order valence-corrected chi connectivity index (χ4v) is 3.89. The van der Waals surface area contributed by atoms with Gasteiger partial charge in [0, 0.05) is 30.0 Å². The summed E-state index contributed by atoms with van der Waals surface area (Å²) in [4.78, 5) is 14.4. The number of likely N-dealkylation sites (N-methyl/N-ethyl adjacent to an activating group) is 1. The lowest BCUT2D eigenvalue weighted by atomic mass is 10.1. The zero-order valence-electron chi connectivity index (χ0n) is 13.6. The Balaban J connectivity index is 1.61. The van der Waals surface area contributed by atoms with Crippen LogP contribution in [0.25, 0.3) is 11.3 Å². The lowest BCUT2D eigenvalue weighted by Gasteiger charge is -2.24. The average Bonchev–Trinajstić information content (AvgIpc) is 3.24. The molecule has 0 bridgehead atoms. The van der Waals surface area contributed by atoms with Crippen LogP contribution in [0.2, 0.25) is 0 Å². The first-order valence-corrected chi connectivity index (χ1v) is 9.25. The maximum Gasteiger partial charge on any atom is 0.228 e. The van der Waals surface area contributed by atoms with Gasteiger partial charge in [-0.3, -0.25) is 4.79 Å². The summed E-state index contributed by atoms with van der Waals surface area (Å²) in [5, 5.41) is 4.73. The molecule has 1 aromatic heterocycles. The number of hydrogen-bond acceptors (Lipinski definition) is 4. The van der Waals surface area contributed by atoms with E-state index in [1.54, 1.807) is 0 Å². The van der Waals surface area contributed by atoms with Gasteiger partial charge in [-0.05, 0) is 25.5 Å². The average molecular weight is 330 g/mol. The molecule has 122 valence electrons. The van der Waals surface area contributed by atoms with Gasteiger partial charge in [-0.25, -0.2) is 0 Å². The van der Waals surface area contributed by atoms with E-state index in [9.17, 15) is 4.79 Å². The molecule has 5 heteroatoms. The number of amides is 1. The van der Waals surface area contributed by atoms with Crippen molar-refractivity contribution in [3.63, 3.8) is 0 Å². The van der Waals surface area contributed by atoms with Crippen LogP contribution in [0.15, 0.2) is 40.9 Å². The van der Waals surface area contributed by atoms with Crippen molar-refractivity contribution in [2.24, 2.45) is 0 Å². The molecule has 1 saturated carbocycles.